The molecule has 5 nitrogen and oxygen atoms in total. The average Bonchev–Trinajstić information content (AvgIpc) is 3.36. The maximum absolute atomic E-state index is 11.6. The summed E-state index contributed by atoms with van der Waals surface area (Å²) in [6.45, 7) is 10.7. The molecule has 0 amide bonds. The van der Waals surface area contributed by atoms with Crippen LogP contribution in [-0.4, -0.2) is 25.5 Å². The fraction of sp³-hybridized carbons (Fsp3) is 0.407. The Balaban J connectivity index is 0.000000342. The second-order valence-electron chi connectivity index (χ2n) is 7.50. The Morgan fingerprint density at radius 1 is 1.32 bits per heavy atom. The van der Waals surface area contributed by atoms with Crippen molar-refractivity contribution in [3.63, 3.8) is 0 Å². The largest absolute Gasteiger partial charge is 0.484 e. The van der Waals surface area contributed by atoms with Crippen LogP contribution >= 0.6 is 23.4 Å². The molecule has 34 heavy (non-hydrogen) atoms. The van der Waals surface area contributed by atoms with Gasteiger partial charge < -0.3 is 13.9 Å². The number of methoxy groups -OCH3 is 1. The van der Waals surface area contributed by atoms with Crippen molar-refractivity contribution in [2.75, 3.05) is 13.4 Å². The van der Waals surface area contributed by atoms with Crippen LogP contribution in [-0.2, 0) is 27.3 Å². The van der Waals surface area contributed by atoms with Crippen LogP contribution in [0.15, 0.2) is 62.8 Å². The number of aryl methyl sites for hydroxylation is 2. The third kappa shape index (κ3) is 9.82. The summed E-state index contributed by atoms with van der Waals surface area (Å²) in [5.41, 5.74) is 3.38. The zero-order valence-corrected chi connectivity index (χ0v) is 22.8. The Bertz CT molecular complexity index is 981. The second kappa shape index (κ2) is 16.2. The van der Waals surface area contributed by atoms with E-state index in [0.717, 1.165) is 23.6 Å². The molecular formula is C27H36ClNO4S. The Kier molecular flexibility index (Phi) is 14.1. The number of carbonyl (C=O) groups is 1. The minimum Gasteiger partial charge on any atom is -0.484 e. The standard InChI is InChI=1S/C14H20ClN.C13H16O4S/c1-5-10(3)9-16-14-8-13(15)12(6-2)7-11(14)4;1-4-6-11(12(18-3)13(14)15-2)17-9-10-7-5-8-16-10/h7-10H,5-6H2,1-4H3;4-8H,9H2,1-3H3/b;6-4+,12-11+. The van der Waals surface area contributed by atoms with Crippen molar-refractivity contribution >= 4 is 41.2 Å². The Morgan fingerprint density at radius 2 is 2.06 bits per heavy atom. The van der Waals surface area contributed by atoms with Crippen LogP contribution in [0.4, 0.5) is 5.69 Å². The van der Waals surface area contributed by atoms with Gasteiger partial charge in [0.25, 0.3) is 0 Å². The molecule has 2 aromatic rings. The van der Waals surface area contributed by atoms with Crippen LogP contribution < -0.4 is 0 Å². The summed E-state index contributed by atoms with van der Waals surface area (Å²) in [4.78, 5) is 16.5. The first-order valence-corrected chi connectivity index (χ1v) is 12.9. The van der Waals surface area contributed by atoms with E-state index in [-0.39, 0.29) is 6.61 Å². The minimum atomic E-state index is -0.407. The summed E-state index contributed by atoms with van der Waals surface area (Å²) in [5, 5.41) is 0.824. The summed E-state index contributed by atoms with van der Waals surface area (Å²) < 4.78 is 15.5. The van der Waals surface area contributed by atoms with E-state index in [9.17, 15) is 4.79 Å². The molecule has 0 N–H and O–H groups in total. The molecule has 186 valence electrons. The monoisotopic (exact) mass is 505 g/mol. The number of furan rings is 1. The summed E-state index contributed by atoms with van der Waals surface area (Å²) in [6, 6.07) is 7.69. The number of rotatable bonds is 10. The predicted octanol–water partition coefficient (Wildman–Crippen LogP) is 8.08. The van der Waals surface area contributed by atoms with Crippen LogP contribution in [0, 0.1) is 12.8 Å². The molecule has 1 aromatic heterocycles. The second-order valence-corrected chi connectivity index (χ2v) is 8.73. The minimum absolute atomic E-state index is 0.272. The number of benzene rings is 1. The van der Waals surface area contributed by atoms with Crippen molar-refractivity contribution in [1.82, 2.24) is 0 Å². The number of allylic oxidation sites excluding steroid dienone is 2. The van der Waals surface area contributed by atoms with Crippen LogP contribution in [0.1, 0.15) is 51.0 Å². The molecule has 2 rings (SSSR count). The van der Waals surface area contributed by atoms with Gasteiger partial charge in [0.2, 0.25) is 0 Å². The molecule has 0 spiro atoms. The van der Waals surface area contributed by atoms with Crippen molar-refractivity contribution in [1.29, 1.82) is 0 Å². The molecule has 1 aromatic carbocycles. The van der Waals surface area contributed by atoms with E-state index in [1.165, 1.54) is 30.0 Å². The summed E-state index contributed by atoms with van der Waals surface area (Å²) in [6.07, 6.45) is 11.0. The van der Waals surface area contributed by atoms with Gasteiger partial charge in [0.15, 0.2) is 0 Å². The first-order chi connectivity index (χ1) is 16.3. The number of carbonyl (C=O) groups excluding carboxylic acids is 1. The van der Waals surface area contributed by atoms with Crippen LogP contribution in [0.5, 0.6) is 0 Å². The normalized spacial score (nSPS) is 12.8. The van der Waals surface area contributed by atoms with E-state index in [1.54, 1.807) is 30.7 Å². The van der Waals surface area contributed by atoms with E-state index in [2.05, 4.69) is 38.8 Å². The highest BCUT2D eigenvalue weighted by Crippen LogP contribution is 2.27. The molecular weight excluding hydrogens is 470 g/mol. The Hall–Kier alpha value is -2.44. The van der Waals surface area contributed by atoms with Gasteiger partial charge in [-0.1, -0.05) is 44.5 Å². The first-order valence-electron chi connectivity index (χ1n) is 11.3. The number of hydrogen-bond acceptors (Lipinski definition) is 6. The molecule has 0 radical (unpaired) electrons. The third-order valence-electron chi connectivity index (χ3n) is 4.92. The van der Waals surface area contributed by atoms with Crippen molar-refractivity contribution < 1.29 is 18.7 Å². The number of thioether (sulfide) groups is 1. The number of hydrogen-bond donors (Lipinski definition) is 0. The first kappa shape index (κ1) is 29.6. The van der Waals surface area contributed by atoms with E-state index in [4.69, 9.17) is 25.5 Å². The molecule has 1 atom stereocenters. The SMILES string of the molecule is C/C=C/C(OCc1ccco1)=C(\SC)C(=O)OC.CCc1cc(C)c(N=CC(C)CC)cc1Cl. The lowest BCUT2D eigenvalue weighted by Crippen LogP contribution is -2.06. The van der Waals surface area contributed by atoms with Gasteiger partial charge in [-0.25, -0.2) is 4.79 Å². The average molecular weight is 506 g/mol. The highest BCUT2D eigenvalue weighted by atomic mass is 35.5. The van der Waals surface area contributed by atoms with Gasteiger partial charge in [-0.15, -0.1) is 11.8 Å². The van der Waals surface area contributed by atoms with Gasteiger partial charge in [-0.3, -0.25) is 4.99 Å². The molecule has 0 aliphatic carbocycles. The Morgan fingerprint density at radius 3 is 2.59 bits per heavy atom. The van der Waals surface area contributed by atoms with Gasteiger partial charge in [0.1, 0.15) is 23.0 Å². The van der Waals surface area contributed by atoms with Crippen LogP contribution in [0.3, 0.4) is 0 Å². The molecule has 7 heteroatoms. The lowest BCUT2D eigenvalue weighted by molar-refractivity contribution is -0.135. The molecule has 1 unspecified atom stereocenters. The lowest BCUT2D eigenvalue weighted by atomic mass is 10.1. The number of ether oxygens (including phenoxy) is 2. The molecule has 0 aliphatic rings. The molecule has 1 heterocycles. The number of esters is 1. The van der Waals surface area contributed by atoms with Gasteiger partial charge in [-0.2, -0.15) is 0 Å². The maximum Gasteiger partial charge on any atom is 0.348 e. The fourth-order valence-electron chi connectivity index (χ4n) is 2.72. The zero-order valence-electron chi connectivity index (χ0n) is 21.2. The van der Waals surface area contributed by atoms with Gasteiger partial charge in [-0.05, 0) is 74.3 Å². The topological polar surface area (TPSA) is 61.0 Å². The molecule has 0 fully saturated rings. The van der Waals surface area contributed by atoms with Crippen molar-refractivity contribution in [3.8, 4) is 0 Å². The summed E-state index contributed by atoms with van der Waals surface area (Å²) in [5.74, 6) is 1.29. The Labute approximate surface area is 213 Å². The molecule has 0 bridgehead atoms. The number of halogens is 1. The molecule has 0 saturated heterocycles. The quantitative estimate of drug-likeness (QED) is 0.107. The lowest BCUT2D eigenvalue weighted by Gasteiger charge is -2.10. The van der Waals surface area contributed by atoms with Crippen LogP contribution in [0.25, 0.3) is 0 Å². The summed E-state index contributed by atoms with van der Waals surface area (Å²) >= 11 is 7.46. The molecule has 0 saturated carbocycles. The van der Waals surface area contributed by atoms with E-state index >= 15 is 0 Å². The zero-order chi connectivity index (χ0) is 25.5. The van der Waals surface area contributed by atoms with Crippen molar-refractivity contribution in [3.05, 3.63) is 75.3 Å². The highest BCUT2D eigenvalue weighted by molar-refractivity contribution is 8.03. The van der Waals surface area contributed by atoms with E-state index in [0.29, 0.717) is 22.3 Å². The van der Waals surface area contributed by atoms with E-state index in [1.807, 2.05) is 25.3 Å². The van der Waals surface area contributed by atoms with Crippen molar-refractivity contribution in [2.24, 2.45) is 10.9 Å². The molecule has 0 aliphatic heterocycles. The van der Waals surface area contributed by atoms with E-state index < -0.39 is 5.97 Å². The van der Waals surface area contributed by atoms with Gasteiger partial charge >= 0.3 is 5.97 Å². The van der Waals surface area contributed by atoms with Crippen molar-refractivity contribution in [2.45, 2.75) is 54.1 Å². The predicted molar refractivity (Wildman–Crippen MR) is 144 cm³/mol. The van der Waals surface area contributed by atoms with Gasteiger partial charge in [0, 0.05) is 11.2 Å². The number of aliphatic imine (C=N–C) groups is 1. The maximum atomic E-state index is 11.6. The third-order valence-corrected chi connectivity index (χ3v) is 6.05. The smallest absolute Gasteiger partial charge is 0.348 e. The highest BCUT2D eigenvalue weighted by Gasteiger charge is 2.15. The number of nitrogens with zero attached hydrogens (tertiary/aromatic N) is 1. The van der Waals surface area contributed by atoms with Gasteiger partial charge in [0.05, 0.1) is 19.1 Å². The van der Waals surface area contributed by atoms with Crippen LogP contribution in [0.2, 0.25) is 5.02 Å². The fourth-order valence-corrected chi connectivity index (χ4v) is 3.58. The summed E-state index contributed by atoms with van der Waals surface area (Å²) in [7, 11) is 1.35.